The molecule has 2 atom stereocenters. The number of rotatable bonds is 5. The molecule has 0 unspecified atom stereocenters. The number of carbonyl (C=O) groups excluding carboxylic acids is 1. The van der Waals surface area contributed by atoms with E-state index in [1.807, 2.05) is 6.07 Å². The zero-order chi connectivity index (χ0) is 26.5. The first-order chi connectivity index (χ1) is 16.7. The lowest BCUT2D eigenvalue weighted by atomic mass is 10.1. The highest BCUT2D eigenvalue weighted by Crippen LogP contribution is 2.42. The monoisotopic (exact) mass is 532 g/mol. The number of aromatic nitrogens is 1. The van der Waals surface area contributed by atoms with Crippen LogP contribution in [0, 0.1) is 11.3 Å². The van der Waals surface area contributed by atoms with E-state index in [2.05, 4.69) is 10.3 Å². The molecule has 7 nitrogen and oxygen atoms in total. The Morgan fingerprint density at radius 1 is 1.06 bits per heavy atom. The summed E-state index contributed by atoms with van der Waals surface area (Å²) in [5, 5.41) is 10.1. The van der Waals surface area contributed by atoms with E-state index in [-0.39, 0.29) is 0 Å². The molecule has 1 aliphatic heterocycles. The normalized spacial score (nSPS) is 21.6. The van der Waals surface area contributed by atoms with Crippen LogP contribution in [0.3, 0.4) is 0 Å². The number of hydrogen-bond acceptors (Lipinski definition) is 6. The zero-order valence-corrected chi connectivity index (χ0v) is 19.1. The maximum atomic E-state index is 13.7. The van der Waals surface area contributed by atoms with Crippen LogP contribution in [0.1, 0.15) is 30.4 Å². The van der Waals surface area contributed by atoms with Gasteiger partial charge in [0.2, 0.25) is 5.91 Å². The largest absolute Gasteiger partial charge is 0.419 e. The molecular formula is C22H18F6N4O3S. The lowest BCUT2D eigenvalue weighted by Gasteiger charge is -2.28. The summed E-state index contributed by atoms with van der Waals surface area (Å²) in [6, 6.07) is 5.57. The van der Waals surface area contributed by atoms with Gasteiger partial charge in [-0.25, -0.2) is 13.4 Å². The number of benzene rings is 1. The summed E-state index contributed by atoms with van der Waals surface area (Å²) in [5.74, 6) is -1.64. The lowest BCUT2D eigenvalue weighted by molar-refractivity contribution is -0.140. The Morgan fingerprint density at radius 3 is 2.25 bits per heavy atom. The average molecular weight is 532 g/mol. The van der Waals surface area contributed by atoms with Crippen LogP contribution in [0.2, 0.25) is 0 Å². The molecule has 1 saturated heterocycles. The van der Waals surface area contributed by atoms with Crippen LogP contribution >= 0.6 is 0 Å². The number of anilines is 1. The van der Waals surface area contributed by atoms with Gasteiger partial charge in [0, 0.05) is 12.7 Å². The van der Waals surface area contributed by atoms with E-state index in [1.54, 1.807) is 0 Å². The molecule has 4 rings (SSSR count). The Hall–Kier alpha value is -3.34. The molecule has 0 spiro atoms. The van der Waals surface area contributed by atoms with Gasteiger partial charge >= 0.3 is 12.4 Å². The quantitative estimate of drug-likeness (QED) is 0.589. The maximum absolute atomic E-state index is 13.7. The molecule has 1 saturated carbocycles. The molecule has 2 aromatic rings. The van der Waals surface area contributed by atoms with Gasteiger partial charge in [-0.05, 0) is 43.5 Å². The van der Waals surface area contributed by atoms with Crippen LogP contribution in [0.15, 0.2) is 47.5 Å². The smallest absolute Gasteiger partial charge is 0.343 e. The summed E-state index contributed by atoms with van der Waals surface area (Å²) in [5.41, 5.74) is -3.86. The number of carbonyl (C=O) groups is 1. The molecule has 1 aliphatic carbocycles. The van der Waals surface area contributed by atoms with Crippen LogP contribution < -0.4 is 10.2 Å². The number of nitrogens with zero attached hydrogens (tertiary/aromatic N) is 3. The van der Waals surface area contributed by atoms with Crippen LogP contribution in [0.25, 0.3) is 0 Å². The summed E-state index contributed by atoms with van der Waals surface area (Å²) in [7, 11) is -4.76. The number of alkyl halides is 6. The predicted molar refractivity (Wildman–Crippen MR) is 113 cm³/mol. The van der Waals surface area contributed by atoms with Crippen molar-refractivity contribution in [1.29, 1.82) is 5.26 Å². The molecule has 0 radical (unpaired) electrons. The molecule has 192 valence electrons. The molecule has 1 aromatic heterocycles. The van der Waals surface area contributed by atoms with Gasteiger partial charge in [0.05, 0.1) is 27.3 Å². The minimum Gasteiger partial charge on any atom is -0.343 e. The SMILES string of the molecule is N#CC1(NC(=O)[C@@H]2C[C@@H](S(=O)(=O)c3ccccc3C(F)(F)F)CN2c2ncccc2C(F)(F)F)CC1. The molecule has 1 N–H and O–H groups in total. The van der Waals surface area contributed by atoms with Gasteiger partial charge in [0.25, 0.3) is 0 Å². The average Bonchev–Trinajstić information content (AvgIpc) is 3.43. The van der Waals surface area contributed by atoms with Crippen LogP contribution in [-0.4, -0.2) is 42.7 Å². The number of halogens is 6. The fourth-order valence-electron chi connectivity index (χ4n) is 4.19. The van der Waals surface area contributed by atoms with Crippen molar-refractivity contribution in [2.24, 2.45) is 0 Å². The minimum absolute atomic E-state index is 0.306. The fraction of sp³-hybridized carbons (Fsp3) is 0.409. The second kappa shape index (κ2) is 8.65. The van der Waals surface area contributed by atoms with E-state index in [0.717, 1.165) is 35.4 Å². The summed E-state index contributed by atoms with van der Waals surface area (Å²) < 4.78 is 108. The molecule has 1 aromatic carbocycles. The van der Waals surface area contributed by atoms with Crippen molar-refractivity contribution in [2.75, 3.05) is 11.4 Å². The Balaban J connectivity index is 1.77. The Bertz CT molecular complexity index is 1330. The first-order valence-corrected chi connectivity index (χ1v) is 12.2. The summed E-state index contributed by atoms with van der Waals surface area (Å²) in [4.78, 5) is 16.6. The van der Waals surface area contributed by atoms with Crippen molar-refractivity contribution < 1.29 is 39.6 Å². The molecule has 36 heavy (non-hydrogen) atoms. The fourth-order valence-corrected chi connectivity index (χ4v) is 6.10. The molecule has 2 fully saturated rings. The number of amides is 1. The van der Waals surface area contributed by atoms with Crippen molar-refractivity contribution in [1.82, 2.24) is 10.3 Å². The molecule has 14 heteroatoms. The first-order valence-electron chi connectivity index (χ1n) is 10.6. The standard InChI is InChI=1S/C22H18F6N4O3S/c23-21(24,25)14-4-1-2-6-17(14)36(34,35)13-10-16(19(33)31-20(12-29)7-8-20)32(11-13)18-15(22(26,27)28)5-3-9-30-18/h1-6,9,13,16H,7-8,10-11H2,(H,31,33)/t13-,16+/m1/s1. The van der Waals surface area contributed by atoms with Crippen LogP contribution in [-0.2, 0) is 27.0 Å². The second-order valence-electron chi connectivity index (χ2n) is 8.62. The third-order valence-electron chi connectivity index (χ3n) is 6.19. The van der Waals surface area contributed by atoms with E-state index >= 15 is 0 Å². The third kappa shape index (κ3) is 4.71. The van der Waals surface area contributed by atoms with E-state index < -0.39 is 79.7 Å². The van der Waals surface area contributed by atoms with Crippen molar-refractivity contribution in [3.8, 4) is 6.07 Å². The van der Waals surface area contributed by atoms with Crippen LogP contribution in [0.4, 0.5) is 32.2 Å². The van der Waals surface area contributed by atoms with Gasteiger partial charge in [-0.15, -0.1) is 0 Å². The highest BCUT2D eigenvalue weighted by molar-refractivity contribution is 7.92. The molecule has 0 bridgehead atoms. The zero-order valence-electron chi connectivity index (χ0n) is 18.3. The highest BCUT2D eigenvalue weighted by atomic mass is 32.2. The molecule has 1 amide bonds. The van der Waals surface area contributed by atoms with E-state index in [0.29, 0.717) is 25.0 Å². The van der Waals surface area contributed by atoms with Crippen molar-refractivity contribution in [2.45, 2.75) is 53.3 Å². The third-order valence-corrected chi connectivity index (χ3v) is 8.38. The number of pyridine rings is 1. The summed E-state index contributed by atoms with van der Waals surface area (Å²) >= 11 is 0. The van der Waals surface area contributed by atoms with Gasteiger partial charge in [0.1, 0.15) is 17.4 Å². The minimum atomic E-state index is -5.01. The van der Waals surface area contributed by atoms with Gasteiger partial charge < -0.3 is 10.2 Å². The van der Waals surface area contributed by atoms with Crippen molar-refractivity contribution in [3.63, 3.8) is 0 Å². The topological polar surface area (TPSA) is 103 Å². The summed E-state index contributed by atoms with van der Waals surface area (Å²) in [6.45, 7) is -0.716. The number of nitriles is 1. The maximum Gasteiger partial charge on any atom is 0.419 e. The van der Waals surface area contributed by atoms with E-state index in [1.165, 1.54) is 0 Å². The van der Waals surface area contributed by atoms with E-state index in [4.69, 9.17) is 0 Å². The number of nitrogens with one attached hydrogen (secondary N) is 1. The van der Waals surface area contributed by atoms with Gasteiger partial charge in [-0.2, -0.15) is 31.6 Å². The lowest BCUT2D eigenvalue weighted by Crippen LogP contribution is -2.48. The highest BCUT2D eigenvalue weighted by Gasteiger charge is 2.51. The number of sulfone groups is 1. The number of hydrogen-bond donors (Lipinski definition) is 1. The van der Waals surface area contributed by atoms with E-state index in [9.17, 15) is 44.8 Å². The Morgan fingerprint density at radius 2 is 1.67 bits per heavy atom. The summed E-state index contributed by atoms with van der Waals surface area (Å²) in [6.07, 6.45) is -8.88. The molecular weight excluding hydrogens is 514 g/mol. The van der Waals surface area contributed by atoms with Gasteiger partial charge in [0.15, 0.2) is 9.84 Å². The van der Waals surface area contributed by atoms with Gasteiger partial charge in [-0.1, -0.05) is 12.1 Å². The predicted octanol–water partition coefficient (Wildman–Crippen LogP) is 3.71. The Kier molecular flexibility index (Phi) is 6.19. The Labute approximate surface area is 201 Å². The van der Waals surface area contributed by atoms with Crippen molar-refractivity contribution in [3.05, 3.63) is 53.7 Å². The van der Waals surface area contributed by atoms with Crippen molar-refractivity contribution >= 4 is 21.6 Å². The molecule has 2 aliphatic rings. The molecule has 2 heterocycles. The second-order valence-corrected chi connectivity index (χ2v) is 10.8. The van der Waals surface area contributed by atoms with Gasteiger partial charge in [-0.3, -0.25) is 4.79 Å². The first kappa shape index (κ1) is 25.7. The van der Waals surface area contributed by atoms with Crippen LogP contribution in [0.5, 0.6) is 0 Å².